The van der Waals surface area contributed by atoms with Gasteiger partial charge in [-0.25, -0.2) is 4.98 Å². The normalized spacial score (nSPS) is 11.0. The van der Waals surface area contributed by atoms with E-state index in [-0.39, 0.29) is 5.56 Å². The van der Waals surface area contributed by atoms with E-state index < -0.39 is 0 Å². The highest BCUT2D eigenvalue weighted by Gasteiger charge is 2.16. The second kappa shape index (κ2) is 9.96. The Morgan fingerprint density at radius 3 is 2.71 bits per heavy atom. The van der Waals surface area contributed by atoms with E-state index in [2.05, 4.69) is 12.6 Å². The van der Waals surface area contributed by atoms with E-state index in [0.29, 0.717) is 49.8 Å². The molecule has 0 bridgehead atoms. The smallest absolute Gasteiger partial charge is 0.267 e. The van der Waals surface area contributed by atoms with Gasteiger partial charge in [-0.05, 0) is 48.4 Å². The van der Waals surface area contributed by atoms with Crippen LogP contribution in [0.5, 0.6) is 11.5 Å². The van der Waals surface area contributed by atoms with Crippen molar-refractivity contribution in [3.8, 4) is 28.7 Å². The maximum Gasteiger partial charge on any atom is 0.267 e. The van der Waals surface area contributed by atoms with Crippen molar-refractivity contribution in [1.82, 2.24) is 9.38 Å². The maximum atomic E-state index is 13.4. The van der Waals surface area contributed by atoms with E-state index in [4.69, 9.17) is 31.3 Å². The average Bonchev–Trinajstić information content (AvgIpc) is 3.22. The molecule has 6 nitrogen and oxygen atoms in total. The van der Waals surface area contributed by atoms with Gasteiger partial charge in [0.2, 0.25) is 0 Å². The molecule has 4 aromatic rings. The molecular formula is C26H20ClN3O3S. The van der Waals surface area contributed by atoms with Crippen molar-refractivity contribution in [3.05, 3.63) is 92.3 Å². The summed E-state index contributed by atoms with van der Waals surface area (Å²) in [5.74, 6) is 1.16. The Hall–Kier alpha value is -3.86. The van der Waals surface area contributed by atoms with Crippen LogP contribution < -0.4 is 15.0 Å². The van der Waals surface area contributed by atoms with Crippen molar-refractivity contribution in [1.29, 1.82) is 5.26 Å². The molecule has 0 atom stereocenters. The van der Waals surface area contributed by atoms with Gasteiger partial charge in [-0.3, -0.25) is 9.20 Å². The summed E-state index contributed by atoms with van der Waals surface area (Å²) in [5.41, 5.74) is 3.42. The molecule has 8 heteroatoms. The van der Waals surface area contributed by atoms with Crippen molar-refractivity contribution in [3.63, 3.8) is 0 Å². The molecule has 0 saturated heterocycles. The molecule has 0 aliphatic carbocycles. The predicted octanol–water partition coefficient (Wildman–Crippen LogP) is 6.08. The Bertz CT molecular complexity index is 1510. The second-order valence-corrected chi connectivity index (χ2v) is 9.15. The van der Waals surface area contributed by atoms with Gasteiger partial charge in [-0.1, -0.05) is 53.8 Å². The van der Waals surface area contributed by atoms with Crippen LogP contribution in [0, 0.1) is 11.3 Å². The number of fused-ring (bicyclic) bond motifs is 1. The molecule has 34 heavy (non-hydrogen) atoms. The summed E-state index contributed by atoms with van der Waals surface area (Å²) in [5, 5.41) is 9.13. The van der Waals surface area contributed by atoms with Crippen molar-refractivity contribution >= 4 is 40.1 Å². The van der Waals surface area contributed by atoms with Gasteiger partial charge in [0.1, 0.15) is 10.9 Å². The van der Waals surface area contributed by atoms with Crippen LogP contribution in [0.4, 0.5) is 0 Å². The third-order valence-corrected chi connectivity index (χ3v) is 6.05. The predicted molar refractivity (Wildman–Crippen MR) is 137 cm³/mol. The van der Waals surface area contributed by atoms with E-state index >= 15 is 0 Å². The van der Waals surface area contributed by atoms with Crippen molar-refractivity contribution < 1.29 is 9.47 Å². The van der Waals surface area contributed by atoms with Gasteiger partial charge in [0.05, 0.1) is 30.0 Å². The Morgan fingerprint density at radius 2 is 2.03 bits per heavy atom. The van der Waals surface area contributed by atoms with Crippen LogP contribution in [0.2, 0.25) is 4.34 Å². The van der Waals surface area contributed by atoms with Gasteiger partial charge < -0.3 is 9.47 Å². The van der Waals surface area contributed by atoms with E-state index in [0.717, 1.165) is 11.1 Å². The Labute approximate surface area is 205 Å². The molecule has 0 aliphatic heterocycles. The van der Waals surface area contributed by atoms with E-state index in [1.54, 1.807) is 43.6 Å². The minimum Gasteiger partial charge on any atom is -0.493 e. The standard InChI is InChI=1S/C26H20ClN3O3S/c1-16(2)15-33-24-19(5-4-6-21(24)32-3)11-12-20-23(18-9-7-17(13-28)8-10-18)25(31)30-14-22(27)34-26(30)29-20/h4-12,14H,1,15H2,2-3H3/b12-11+. The summed E-state index contributed by atoms with van der Waals surface area (Å²) in [6.45, 7) is 6.11. The van der Waals surface area contributed by atoms with Gasteiger partial charge in [0.15, 0.2) is 16.5 Å². The number of benzene rings is 2. The van der Waals surface area contributed by atoms with Crippen LogP contribution in [-0.4, -0.2) is 23.1 Å². The van der Waals surface area contributed by atoms with Crippen molar-refractivity contribution in [2.45, 2.75) is 6.92 Å². The lowest BCUT2D eigenvalue weighted by Gasteiger charge is -2.13. The molecule has 0 aliphatic rings. The molecule has 0 spiro atoms. The zero-order valence-corrected chi connectivity index (χ0v) is 20.1. The van der Waals surface area contributed by atoms with Crippen LogP contribution in [0.3, 0.4) is 0 Å². The lowest BCUT2D eigenvalue weighted by atomic mass is 10.0. The first-order chi connectivity index (χ1) is 16.4. The molecule has 0 unspecified atom stereocenters. The summed E-state index contributed by atoms with van der Waals surface area (Å²) in [6, 6.07) is 14.5. The summed E-state index contributed by atoms with van der Waals surface area (Å²) < 4.78 is 13.3. The van der Waals surface area contributed by atoms with Crippen molar-refractivity contribution in [2.24, 2.45) is 0 Å². The fourth-order valence-electron chi connectivity index (χ4n) is 3.38. The first kappa shape index (κ1) is 23.3. The minimum atomic E-state index is -0.248. The van der Waals surface area contributed by atoms with Gasteiger partial charge in [-0.15, -0.1) is 0 Å². The zero-order valence-electron chi connectivity index (χ0n) is 18.5. The molecule has 2 aromatic heterocycles. The van der Waals surface area contributed by atoms with Crippen LogP contribution in [0.1, 0.15) is 23.7 Å². The number of hydrogen-bond donors (Lipinski definition) is 0. The summed E-state index contributed by atoms with van der Waals surface area (Å²) in [6.07, 6.45) is 5.16. The molecule has 170 valence electrons. The molecule has 0 saturated carbocycles. The molecule has 0 amide bonds. The van der Waals surface area contributed by atoms with Crippen LogP contribution in [0.25, 0.3) is 28.2 Å². The largest absolute Gasteiger partial charge is 0.493 e. The number of hydrogen-bond acceptors (Lipinski definition) is 6. The van der Waals surface area contributed by atoms with Gasteiger partial charge in [-0.2, -0.15) is 5.26 Å². The number of methoxy groups -OCH3 is 1. The van der Waals surface area contributed by atoms with Crippen molar-refractivity contribution in [2.75, 3.05) is 13.7 Å². The number of aromatic nitrogens is 2. The third-order valence-electron chi connectivity index (χ3n) is 4.95. The second-order valence-electron chi connectivity index (χ2n) is 7.51. The maximum absolute atomic E-state index is 13.4. The Morgan fingerprint density at radius 1 is 1.26 bits per heavy atom. The highest BCUT2D eigenvalue weighted by molar-refractivity contribution is 7.20. The Kier molecular flexibility index (Phi) is 6.82. The average molecular weight is 490 g/mol. The molecule has 2 heterocycles. The molecular weight excluding hydrogens is 470 g/mol. The number of nitrogens with zero attached hydrogens (tertiary/aromatic N) is 3. The minimum absolute atomic E-state index is 0.248. The van der Waals surface area contributed by atoms with Crippen LogP contribution in [0.15, 0.2) is 65.6 Å². The lowest BCUT2D eigenvalue weighted by molar-refractivity contribution is 0.319. The van der Waals surface area contributed by atoms with E-state index in [1.165, 1.54) is 15.7 Å². The lowest BCUT2D eigenvalue weighted by Crippen LogP contribution is -2.17. The highest BCUT2D eigenvalue weighted by atomic mass is 35.5. The summed E-state index contributed by atoms with van der Waals surface area (Å²) in [7, 11) is 1.58. The number of para-hydroxylation sites is 1. The Balaban J connectivity index is 1.87. The summed E-state index contributed by atoms with van der Waals surface area (Å²) in [4.78, 5) is 18.6. The highest BCUT2D eigenvalue weighted by Crippen LogP contribution is 2.33. The third kappa shape index (κ3) is 4.74. The molecule has 0 radical (unpaired) electrons. The van der Waals surface area contributed by atoms with Gasteiger partial charge in [0.25, 0.3) is 5.56 Å². The number of rotatable bonds is 7. The van der Waals surface area contributed by atoms with Gasteiger partial charge in [0, 0.05) is 11.8 Å². The summed E-state index contributed by atoms with van der Waals surface area (Å²) >= 11 is 7.38. The van der Waals surface area contributed by atoms with E-state index in [9.17, 15) is 4.79 Å². The topological polar surface area (TPSA) is 76.6 Å². The monoisotopic (exact) mass is 489 g/mol. The number of thiazole rings is 1. The zero-order chi connectivity index (χ0) is 24.2. The van der Waals surface area contributed by atoms with Crippen LogP contribution >= 0.6 is 22.9 Å². The fraction of sp³-hybridized carbons (Fsp3) is 0.115. The van der Waals surface area contributed by atoms with Crippen LogP contribution in [-0.2, 0) is 0 Å². The molecule has 0 N–H and O–H groups in total. The fourth-order valence-corrected chi connectivity index (χ4v) is 4.39. The quantitative estimate of drug-likeness (QED) is 0.294. The number of halogens is 1. The van der Waals surface area contributed by atoms with E-state index in [1.807, 2.05) is 31.2 Å². The number of nitriles is 1. The first-order valence-electron chi connectivity index (χ1n) is 10.3. The first-order valence-corrected chi connectivity index (χ1v) is 11.4. The SMILES string of the molecule is C=C(C)COc1c(/C=C/c2nc3sc(Cl)cn3c(=O)c2-c2ccc(C#N)cc2)cccc1OC. The molecule has 0 fully saturated rings. The number of ether oxygens (including phenoxy) is 2. The molecule has 2 aromatic carbocycles. The van der Waals surface area contributed by atoms with Gasteiger partial charge >= 0.3 is 0 Å². The molecule has 4 rings (SSSR count).